The zero-order valence-corrected chi connectivity index (χ0v) is 15.5. The van der Waals surface area contributed by atoms with Crippen LogP contribution < -0.4 is 5.56 Å². The molecule has 2 aromatic rings. The van der Waals surface area contributed by atoms with Crippen molar-refractivity contribution in [2.75, 3.05) is 13.1 Å². The topological polar surface area (TPSA) is 45.5 Å². The number of rotatable bonds is 4. The largest absolute Gasteiger partial charge is 0.507 e. The monoisotopic (exact) mass is 340 g/mol. The third-order valence-corrected chi connectivity index (χ3v) is 5.26. The van der Waals surface area contributed by atoms with Gasteiger partial charge in [-0.25, -0.2) is 0 Å². The van der Waals surface area contributed by atoms with E-state index in [1.54, 1.807) is 10.6 Å². The maximum atomic E-state index is 13.1. The lowest BCUT2D eigenvalue weighted by atomic mass is 9.94. The third-order valence-electron chi connectivity index (χ3n) is 5.26. The number of piperidine rings is 1. The van der Waals surface area contributed by atoms with Crippen LogP contribution in [0.4, 0.5) is 0 Å². The molecule has 134 valence electrons. The Labute approximate surface area is 149 Å². The molecule has 1 aromatic carbocycles. The van der Waals surface area contributed by atoms with Gasteiger partial charge in [0.1, 0.15) is 5.75 Å². The van der Waals surface area contributed by atoms with Gasteiger partial charge in [-0.15, -0.1) is 0 Å². The van der Waals surface area contributed by atoms with Crippen LogP contribution in [0, 0.1) is 13.8 Å². The Hall–Kier alpha value is -2.07. The summed E-state index contributed by atoms with van der Waals surface area (Å²) in [6.45, 7) is 8.42. The zero-order valence-electron chi connectivity index (χ0n) is 15.5. The van der Waals surface area contributed by atoms with E-state index in [0.29, 0.717) is 12.1 Å². The third kappa shape index (κ3) is 3.49. The number of benzene rings is 1. The van der Waals surface area contributed by atoms with Gasteiger partial charge in [-0.3, -0.25) is 9.69 Å². The second kappa shape index (κ2) is 7.44. The SMILES string of the molecule is CCn1c(C)cc(O)c([C@H](c2ccc(C)cc2)N2CCCCC2)c1=O. The summed E-state index contributed by atoms with van der Waals surface area (Å²) in [6.07, 6.45) is 3.50. The lowest BCUT2D eigenvalue weighted by Gasteiger charge is -2.35. The van der Waals surface area contributed by atoms with E-state index in [-0.39, 0.29) is 17.4 Å². The van der Waals surface area contributed by atoms with Crippen molar-refractivity contribution in [2.45, 2.75) is 52.6 Å². The number of aromatic hydroxyl groups is 1. The summed E-state index contributed by atoms with van der Waals surface area (Å²) < 4.78 is 1.75. The molecule has 0 unspecified atom stereocenters. The zero-order chi connectivity index (χ0) is 18.0. The van der Waals surface area contributed by atoms with Crippen LogP contribution in [0.15, 0.2) is 35.1 Å². The highest BCUT2D eigenvalue weighted by atomic mass is 16.3. The van der Waals surface area contributed by atoms with Gasteiger partial charge >= 0.3 is 0 Å². The molecular formula is C21H28N2O2. The second-order valence-electron chi connectivity index (χ2n) is 7.04. The lowest BCUT2D eigenvalue weighted by Crippen LogP contribution is -2.38. The summed E-state index contributed by atoms with van der Waals surface area (Å²) >= 11 is 0. The van der Waals surface area contributed by atoms with Crippen molar-refractivity contribution >= 4 is 0 Å². The Morgan fingerprint density at radius 2 is 1.72 bits per heavy atom. The Morgan fingerprint density at radius 1 is 1.08 bits per heavy atom. The molecule has 1 N–H and O–H groups in total. The molecule has 1 aliphatic rings. The lowest BCUT2D eigenvalue weighted by molar-refractivity contribution is 0.183. The molecule has 4 heteroatoms. The molecule has 0 saturated carbocycles. The van der Waals surface area contributed by atoms with E-state index in [4.69, 9.17) is 0 Å². The number of likely N-dealkylation sites (tertiary alicyclic amines) is 1. The number of pyridine rings is 1. The second-order valence-corrected chi connectivity index (χ2v) is 7.04. The van der Waals surface area contributed by atoms with Crippen LogP contribution in [0.3, 0.4) is 0 Å². The maximum absolute atomic E-state index is 13.1. The van der Waals surface area contributed by atoms with Gasteiger partial charge in [0.05, 0.1) is 11.6 Å². The van der Waals surface area contributed by atoms with E-state index < -0.39 is 0 Å². The first-order valence-electron chi connectivity index (χ1n) is 9.27. The average molecular weight is 340 g/mol. The Balaban J connectivity index is 2.18. The first kappa shape index (κ1) is 17.7. The van der Waals surface area contributed by atoms with Crippen molar-refractivity contribution in [2.24, 2.45) is 0 Å². The summed E-state index contributed by atoms with van der Waals surface area (Å²) in [6, 6.07) is 9.87. The van der Waals surface area contributed by atoms with Crippen molar-refractivity contribution in [1.29, 1.82) is 0 Å². The van der Waals surface area contributed by atoms with E-state index >= 15 is 0 Å². The molecule has 1 atom stereocenters. The fraction of sp³-hybridized carbons (Fsp3) is 0.476. The van der Waals surface area contributed by atoms with Crippen LogP contribution in [-0.2, 0) is 6.54 Å². The summed E-state index contributed by atoms with van der Waals surface area (Å²) in [5.41, 5.74) is 3.51. The predicted molar refractivity (Wildman–Crippen MR) is 101 cm³/mol. The van der Waals surface area contributed by atoms with Crippen molar-refractivity contribution in [3.8, 4) is 5.75 Å². The minimum absolute atomic E-state index is 0.0730. The van der Waals surface area contributed by atoms with Gasteiger partial charge in [0, 0.05) is 12.2 Å². The maximum Gasteiger partial charge on any atom is 0.259 e. The fourth-order valence-electron chi connectivity index (χ4n) is 3.90. The standard InChI is InChI=1S/C21H28N2O2/c1-4-23-16(3)14-18(24)19(21(23)25)20(22-12-6-5-7-13-22)17-10-8-15(2)9-11-17/h8-11,14,20,24H,4-7,12-13H2,1-3H3/t20-/m0/s1. The van der Waals surface area contributed by atoms with E-state index in [0.717, 1.165) is 37.2 Å². The molecule has 1 aliphatic heterocycles. The molecule has 1 saturated heterocycles. The van der Waals surface area contributed by atoms with Crippen molar-refractivity contribution < 1.29 is 5.11 Å². The minimum atomic E-state index is -0.188. The Bertz CT molecular complexity index is 787. The molecule has 0 bridgehead atoms. The molecule has 4 nitrogen and oxygen atoms in total. The molecule has 0 radical (unpaired) electrons. The number of aromatic nitrogens is 1. The Morgan fingerprint density at radius 3 is 2.32 bits per heavy atom. The van der Waals surface area contributed by atoms with Crippen molar-refractivity contribution in [3.63, 3.8) is 0 Å². The normalized spacial score (nSPS) is 16.8. The van der Waals surface area contributed by atoms with Crippen molar-refractivity contribution in [1.82, 2.24) is 9.47 Å². The first-order valence-corrected chi connectivity index (χ1v) is 9.27. The van der Waals surface area contributed by atoms with Crippen LogP contribution in [0.1, 0.15) is 54.6 Å². The highest BCUT2D eigenvalue weighted by Gasteiger charge is 2.29. The van der Waals surface area contributed by atoms with E-state index in [1.165, 1.54) is 12.0 Å². The van der Waals surface area contributed by atoms with E-state index in [9.17, 15) is 9.90 Å². The van der Waals surface area contributed by atoms with Crippen LogP contribution in [0.2, 0.25) is 0 Å². The van der Waals surface area contributed by atoms with Gasteiger partial charge in [0.15, 0.2) is 0 Å². The highest BCUT2D eigenvalue weighted by Crippen LogP contribution is 2.34. The predicted octanol–water partition coefficient (Wildman–Crippen LogP) is 3.77. The molecular weight excluding hydrogens is 312 g/mol. The first-order chi connectivity index (χ1) is 12.0. The average Bonchev–Trinajstić information content (AvgIpc) is 2.60. The van der Waals surface area contributed by atoms with Crippen LogP contribution >= 0.6 is 0 Å². The van der Waals surface area contributed by atoms with Crippen LogP contribution in [-0.4, -0.2) is 27.7 Å². The highest BCUT2D eigenvalue weighted by molar-refractivity contribution is 5.41. The summed E-state index contributed by atoms with van der Waals surface area (Å²) in [4.78, 5) is 15.5. The summed E-state index contributed by atoms with van der Waals surface area (Å²) in [5.74, 6) is 0.114. The van der Waals surface area contributed by atoms with Gasteiger partial charge < -0.3 is 9.67 Å². The molecule has 25 heavy (non-hydrogen) atoms. The molecule has 0 aliphatic carbocycles. The van der Waals surface area contributed by atoms with Gasteiger partial charge in [-0.05, 0) is 58.3 Å². The van der Waals surface area contributed by atoms with E-state index in [2.05, 4.69) is 36.1 Å². The van der Waals surface area contributed by atoms with Gasteiger partial charge in [-0.1, -0.05) is 36.2 Å². The Kier molecular flexibility index (Phi) is 5.28. The fourth-order valence-corrected chi connectivity index (χ4v) is 3.90. The number of hydrogen-bond donors (Lipinski definition) is 1. The minimum Gasteiger partial charge on any atom is -0.507 e. The smallest absolute Gasteiger partial charge is 0.259 e. The van der Waals surface area contributed by atoms with Crippen LogP contribution in [0.5, 0.6) is 5.75 Å². The van der Waals surface area contributed by atoms with Gasteiger partial charge in [-0.2, -0.15) is 0 Å². The van der Waals surface area contributed by atoms with Crippen LogP contribution in [0.25, 0.3) is 0 Å². The molecule has 1 aromatic heterocycles. The van der Waals surface area contributed by atoms with E-state index in [1.807, 2.05) is 13.8 Å². The molecule has 3 rings (SSSR count). The summed E-state index contributed by atoms with van der Waals surface area (Å²) in [5, 5.41) is 10.7. The molecule has 2 heterocycles. The molecule has 0 spiro atoms. The summed E-state index contributed by atoms with van der Waals surface area (Å²) in [7, 11) is 0. The number of hydrogen-bond acceptors (Lipinski definition) is 3. The number of aryl methyl sites for hydroxylation is 2. The number of nitrogens with zero attached hydrogens (tertiary/aromatic N) is 2. The molecule has 0 amide bonds. The molecule has 1 fully saturated rings. The quantitative estimate of drug-likeness (QED) is 0.921. The van der Waals surface area contributed by atoms with Crippen molar-refractivity contribution in [3.05, 3.63) is 63.1 Å². The van der Waals surface area contributed by atoms with Gasteiger partial charge in [0.2, 0.25) is 0 Å². The van der Waals surface area contributed by atoms with Gasteiger partial charge in [0.25, 0.3) is 5.56 Å².